The van der Waals surface area contributed by atoms with Crippen molar-refractivity contribution < 1.29 is 4.74 Å². The number of benzene rings is 2. The molecule has 0 bridgehead atoms. The molecular weight excluding hydrogens is 338 g/mol. The Labute approximate surface area is 133 Å². The number of methoxy groups -OCH3 is 1. The lowest BCUT2D eigenvalue weighted by Crippen LogP contribution is -2.16. The highest BCUT2D eigenvalue weighted by molar-refractivity contribution is 9.10. The van der Waals surface area contributed by atoms with E-state index in [2.05, 4.69) is 33.4 Å². The first-order valence-corrected chi connectivity index (χ1v) is 7.63. The van der Waals surface area contributed by atoms with Crippen LogP contribution in [-0.4, -0.2) is 13.7 Å². The first-order chi connectivity index (χ1) is 9.69. The number of hydrogen-bond donors (Lipinski definition) is 1. The maximum atomic E-state index is 5.92. The molecule has 2 aromatic rings. The van der Waals surface area contributed by atoms with Crippen LogP contribution in [-0.2, 0) is 13.0 Å². The molecule has 0 atom stereocenters. The van der Waals surface area contributed by atoms with Crippen LogP contribution in [0.15, 0.2) is 46.9 Å². The van der Waals surface area contributed by atoms with Gasteiger partial charge in [-0.3, -0.25) is 0 Å². The van der Waals surface area contributed by atoms with Crippen molar-refractivity contribution >= 4 is 27.5 Å². The molecule has 106 valence electrons. The summed E-state index contributed by atoms with van der Waals surface area (Å²) in [4.78, 5) is 0. The second-order valence-corrected chi connectivity index (χ2v) is 5.80. The smallest absolute Gasteiger partial charge is 0.118 e. The molecule has 0 amide bonds. The minimum atomic E-state index is 0.749. The summed E-state index contributed by atoms with van der Waals surface area (Å²) in [5.41, 5.74) is 2.51. The van der Waals surface area contributed by atoms with Gasteiger partial charge in [-0.25, -0.2) is 0 Å². The molecule has 0 spiro atoms. The van der Waals surface area contributed by atoms with Gasteiger partial charge in [0.15, 0.2) is 0 Å². The van der Waals surface area contributed by atoms with Gasteiger partial charge >= 0.3 is 0 Å². The quantitative estimate of drug-likeness (QED) is 0.774. The van der Waals surface area contributed by atoms with Crippen molar-refractivity contribution in [3.05, 3.63) is 63.1 Å². The molecule has 20 heavy (non-hydrogen) atoms. The van der Waals surface area contributed by atoms with Gasteiger partial charge in [0.1, 0.15) is 5.75 Å². The van der Waals surface area contributed by atoms with Crippen molar-refractivity contribution in [1.29, 1.82) is 0 Å². The molecular formula is C16H17BrClNO. The monoisotopic (exact) mass is 353 g/mol. The molecule has 0 aliphatic rings. The van der Waals surface area contributed by atoms with Gasteiger partial charge in [-0.1, -0.05) is 45.7 Å². The van der Waals surface area contributed by atoms with Gasteiger partial charge in [0.2, 0.25) is 0 Å². The highest BCUT2D eigenvalue weighted by atomic mass is 79.9. The molecule has 2 aromatic carbocycles. The van der Waals surface area contributed by atoms with Crippen molar-refractivity contribution in [1.82, 2.24) is 5.32 Å². The normalized spacial score (nSPS) is 10.6. The third-order valence-electron chi connectivity index (χ3n) is 3.08. The first kappa shape index (κ1) is 15.4. The average Bonchev–Trinajstić information content (AvgIpc) is 2.46. The van der Waals surface area contributed by atoms with Gasteiger partial charge in [-0.2, -0.15) is 0 Å². The third-order valence-corrected chi connectivity index (χ3v) is 4.05. The second kappa shape index (κ2) is 7.67. The fourth-order valence-electron chi connectivity index (χ4n) is 1.91. The van der Waals surface area contributed by atoms with E-state index in [0.717, 1.165) is 34.8 Å². The number of ether oxygens (including phenoxy) is 1. The van der Waals surface area contributed by atoms with Gasteiger partial charge in [-0.05, 0) is 48.4 Å². The Morgan fingerprint density at radius 2 is 1.90 bits per heavy atom. The molecule has 0 heterocycles. The summed E-state index contributed by atoms with van der Waals surface area (Å²) < 4.78 is 6.19. The van der Waals surface area contributed by atoms with Crippen molar-refractivity contribution in [3.8, 4) is 5.75 Å². The van der Waals surface area contributed by atoms with Crippen LogP contribution in [0, 0.1) is 0 Å². The zero-order valence-electron chi connectivity index (χ0n) is 11.3. The highest BCUT2D eigenvalue weighted by Gasteiger charge is 2.00. The summed E-state index contributed by atoms with van der Waals surface area (Å²) in [6, 6.07) is 14.0. The lowest BCUT2D eigenvalue weighted by atomic mass is 10.1. The summed E-state index contributed by atoms with van der Waals surface area (Å²) in [6.07, 6.45) is 0.995. The lowest BCUT2D eigenvalue weighted by Gasteiger charge is -2.08. The largest absolute Gasteiger partial charge is 0.497 e. The molecule has 0 radical (unpaired) electrons. The number of rotatable bonds is 6. The summed E-state index contributed by atoms with van der Waals surface area (Å²) >= 11 is 9.44. The molecule has 0 saturated carbocycles. The molecule has 0 aromatic heterocycles. The molecule has 4 heteroatoms. The van der Waals surface area contributed by atoms with E-state index in [0.29, 0.717) is 0 Å². The third kappa shape index (κ3) is 4.51. The van der Waals surface area contributed by atoms with Gasteiger partial charge < -0.3 is 10.1 Å². The number of halogens is 2. The van der Waals surface area contributed by atoms with E-state index in [1.54, 1.807) is 7.11 Å². The highest BCUT2D eigenvalue weighted by Crippen LogP contribution is 2.21. The van der Waals surface area contributed by atoms with Crippen molar-refractivity contribution in [2.75, 3.05) is 13.7 Å². The fourth-order valence-corrected chi connectivity index (χ4v) is 2.74. The topological polar surface area (TPSA) is 21.3 Å². The number of nitrogens with one attached hydrogen (secondary N) is 1. The Balaban J connectivity index is 1.78. The van der Waals surface area contributed by atoms with Crippen LogP contribution in [0.3, 0.4) is 0 Å². The van der Waals surface area contributed by atoms with Gasteiger partial charge in [0, 0.05) is 16.0 Å². The Morgan fingerprint density at radius 1 is 1.15 bits per heavy atom. The summed E-state index contributed by atoms with van der Waals surface area (Å²) in [7, 11) is 1.68. The summed E-state index contributed by atoms with van der Waals surface area (Å²) in [6.45, 7) is 1.76. The second-order valence-electron chi connectivity index (χ2n) is 4.51. The zero-order chi connectivity index (χ0) is 14.4. The Bertz CT molecular complexity index is 557. The van der Waals surface area contributed by atoms with Gasteiger partial charge in [0.25, 0.3) is 0 Å². The van der Waals surface area contributed by atoms with E-state index >= 15 is 0 Å². The molecule has 2 nitrogen and oxygen atoms in total. The van der Waals surface area contributed by atoms with Crippen LogP contribution in [0.4, 0.5) is 0 Å². The van der Waals surface area contributed by atoms with Crippen LogP contribution < -0.4 is 10.1 Å². The Hall–Kier alpha value is -1.03. The minimum absolute atomic E-state index is 0.749. The Morgan fingerprint density at radius 3 is 2.55 bits per heavy atom. The van der Waals surface area contributed by atoms with Crippen molar-refractivity contribution in [2.24, 2.45) is 0 Å². The van der Waals surface area contributed by atoms with Crippen LogP contribution in [0.5, 0.6) is 5.75 Å². The van der Waals surface area contributed by atoms with E-state index in [1.807, 2.05) is 30.3 Å². The molecule has 0 aliphatic carbocycles. The van der Waals surface area contributed by atoms with Crippen LogP contribution in [0.25, 0.3) is 0 Å². The average molecular weight is 355 g/mol. The van der Waals surface area contributed by atoms with E-state index in [-0.39, 0.29) is 0 Å². The van der Waals surface area contributed by atoms with E-state index < -0.39 is 0 Å². The lowest BCUT2D eigenvalue weighted by molar-refractivity contribution is 0.414. The van der Waals surface area contributed by atoms with Crippen molar-refractivity contribution in [3.63, 3.8) is 0 Å². The standard InChI is InChI=1S/C16H17BrClNO/c1-20-15-6-2-12(3-7-15)8-9-19-11-13-4-5-14(18)10-16(13)17/h2-7,10,19H,8-9,11H2,1H3. The molecule has 0 fully saturated rings. The predicted molar refractivity (Wildman–Crippen MR) is 87.6 cm³/mol. The fraction of sp³-hybridized carbons (Fsp3) is 0.250. The molecule has 0 saturated heterocycles. The van der Waals surface area contributed by atoms with Crippen molar-refractivity contribution in [2.45, 2.75) is 13.0 Å². The molecule has 1 N–H and O–H groups in total. The van der Waals surface area contributed by atoms with Gasteiger partial charge in [0.05, 0.1) is 7.11 Å². The molecule has 0 aliphatic heterocycles. The maximum absolute atomic E-state index is 5.92. The zero-order valence-corrected chi connectivity index (χ0v) is 13.7. The van der Waals surface area contributed by atoms with E-state index in [9.17, 15) is 0 Å². The molecule has 2 rings (SSSR count). The maximum Gasteiger partial charge on any atom is 0.118 e. The van der Waals surface area contributed by atoms with Gasteiger partial charge in [-0.15, -0.1) is 0 Å². The van der Waals surface area contributed by atoms with E-state index in [1.165, 1.54) is 11.1 Å². The molecule has 0 unspecified atom stereocenters. The predicted octanol–water partition coefficient (Wildman–Crippen LogP) is 4.44. The van der Waals surface area contributed by atoms with Crippen LogP contribution in [0.2, 0.25) is 5.02 Å². The summed E-state index contributed by atoms with van der Waals surface area (Å²) in [5, 5.41) is 4.18. The van der Waals surface area contributed by atoms with Crippen LogP contribution >= 0.6 is 27.5 Å². The summed E-state index contributed by atoms with van der Waals surface area (Å²) in [5.74, 6) is 0.895. The number of hydrogen-bond acceptors (Lipinski definition) is 2. The first-order valence-electron chi connectivity index (χ1n) is 6.46. The van der Waals surface area contributed by atoms with Crippen LogP contribution in [0.1, 0.15) is 11.1 Å². The SMILES string of the molecule is COc1ccc(CCNCc2ccc(Cl)cc2Br)cc1. The Kier molecular flexibility index (Phi) is 5.89. The van der Waals surface area contributed by atoms with E-state index in [4.69, 9.17) is 16.3 Å². The minimum Gasteiger partial charge on any atom is -0.497 e.